The molecular weight excluding hydrogens is 420 g/mol. The minimum absolute atomic E-state index is 0.0918. The van der Waals surface area contributed by atoms with Crippen molar-refractivity contribution in [1.29, 1.82) is 0 Å². The molecule has 1 aliphatic carbocycles. The van der Waals surface area contributed by atoms with Crippen LogP contribution in [0.2, 0.25) is 0 Å². The van der Waals surface area contributed by atoms with E-state index >= 15 is 0 Å². The van der Waals surface area contributed by atoms with Crippen LogP contribution in [0.1, 0.15) is 42.6 Å². The molecule has 2 aromatic carbocycles. The van der Waals surface area contributed by atoms with Gasteiger partial charge in [-0.25, -0.2) is 0 Å². The zero-order valence-corrected chi connectivity index (χ0v) is 19.1. The Bertz CT molecular complexity index is 1140. The summed E-state index contributed by atoms with van der Waals surface area (Å²) < 4.78 is 9.84. The molecule has 0 aromatic heterocycles. The van der Waals surface area contributed by atoms with Gasteiger partial charge in [-0.1, -0.05) is 60.7 Å². The highest BCUT2D eigenvalue weighted by molar-refractivity contribution is 6.30. The molecule has 0 fully saturated rings. The van der Waals surface area contributed by atoms with Crippen molar-refractivity contribution in [3.05, 3.63) is 88.5 Å². The van der Waals surface area contributed by atoms with E-state index in [9.17, 15) is 19.2 Å². The second-order valence-corrected chi connectivity index (χ2v) is 7.99. The highest BCUT2D eigenvalue weighted by Crippen LogP contribution is 2.48. The fourth-order valence-electron chi connectivity index (χ4n) is 4.35. The summed E-state index contributed by atoms with van der Waals surface area (Å²) in [5, 5.41) is 0. The minimum Gasteiger partial charge on any atom is -0.468 e. The van der Waals surface area contributed by atoms with E-state index in [0.29, 0.717) is 33.4 Å². The van der Waals surface area contributed by atoms with Crippen LogP contribution in [0.5, 0.6) is 0 Å². The average molecular weight is 446 g/mol. The lowest BCUT2D eigenvalue weighted by molar-refractivity contribution is -0.168. The first-order valence-corrected chi connectivity index (χ1v) is 10.5. The molecular formula is C27H26O6. The third-order valence-electron chi connectivity index (χ3n) is 6.05. The molecule has 33 heavy (non-hydrogen) atoms. The number of Topliss-reactive ketones (excluding diaryl/α,β-unsaturated/α-hetero) is 2. The number of hydrogen-bond acceptors (Lipinski definition) is 6. The van der Waals surface area contributed by atoms with Gasteiger partial charge >= 0.3 is 11.9 Å². The van der Waals surface area contributed by atoms with Gasteiger partial charge in [0.1, 0.15) is 0 Å². The number of allylic oxidation sites excluding steroid dienone is 4. The van der Waals surface area contributed by atoms with E-state index < -0.39 is 17.4 Å². The maximum absolute atomic E-state index is 13.6. The minimum atomic E-state index is -1.67. The van der Waals surface area contributed by atoms with E-state index in [1.807, 2.05) is 36.4 Å². The van der Waals surface area contributed by atoms with Crippen molar-refractivity contribution >= 4 is 29.1 Å². The van der Waals surface area contributed by atoms with E-state index in [-0.39, 0.29) is 24.4 Å². The average Bonchev–Trinajstić information content (AvgIpc) is 3.27. The van der Waals surface area contributed by atoms with Crippen molar-refractivity contribution in [2.45, 2.75) is 26.7 Å². The molecule has 0 N–H and O–H groups in total. The molecule has 3 rings (SSSR count). The molecule has 2 aromatic rings. The van der Waals surface area contributed by atoms with E-state index in [2.05, 4.69) is 0 Å². The monoisotopic (exact) mass is 446 g/mol. The van der Waals surface area contributed by atoms with E-state index in [1.54, 1.807) is 31.2 Å². The number of ether oxygens (including phenoxy) is 2. The second kappa shape index (κ2) is 9.77. The molecule has 1 aliphatic rings. The summed E-state index contributed by atoms with van der Waals surface area (Å²) in [7, 11) is 2.38. The maximum Gasteiger partial charge on any atom is 0.323 e. The highest BCUT2D eigenvalue weighted by Gasteiger charge is 2.54. The van der Waals surface area contributed by atoms with Gasteiger partial charge in [0, 0.05) is 29.6 Å². The number of carbonyl (C=O) groups excluding carboxylic acids is 4. The van der Waals surface area contributed by atoms with Crippen LogP contribution in [0.3, 0.4) is 0 Å². The molecule has 0 amide bonds. The van der Waals surface area contributed by atoms with Crippen molar-refractivity contribution in [1.82, 2.24) is 0 Å². The zero-order valence-electron chi connectivity index (χ0n) is 19.1. The number of hydrogen-bond donors (Lipinski definition) is 0. The molecule has 0 atom stereocenters. The van der Waals surface area contributed by atoms with E-state index in [0.717, 1.165) is 0 Å². The van der Waals surface area contributed by atoms with Gasteiger partial charge in [-0.3, -0.25) is 19.2 Å². The van der Waals surface area contributed by atoms with Crippen LogP contribution in [0.4, 0.5) is 0 Å². The SMILES string of the molecule is COC(=O)C1(C(=O)OC)CC(C(C)=O)=C(/C(C)=C(\C(=O)c2ccccc2)c2ccccc2)C1. The summed E-state index contributed by atoms with van der Waals surface area (Å²) >= 11 is 0. The Morgan fingerprint density at radius 3 is 1.61 bits per heavy atom. The summed E-state index contributed by atoms with van der Waals surface area (Å²) in [6.07, 6.45) is -0.235. The Hall–Kier alpha value is -3.80. The van der Waals surface area contributed by atoms with Gasteiger partial charge in [-0.15, -0.1) is 0 Å². The smallest absolute Gasteiger partial charge is 0.323 e. The standard InChI is InChI=1S/C27H26O6/c1-17(21-15-27(25(30)32-3,26(31)33-4)16-22(21)18(2)28)23(19-11-7-5-8-12-19)24(29)20-13-9-6-10-14-20/h5-14H,15-16H2,1-4H3/b23-17-. The molecule has 6 nitrogen and oxygen atoms in total. The first kappa shape index (κ1) is 23.9. The van der Waals surface area contributed by atoms with Crippen molar-refractivity contribution < 1.29 is 28.7 Å². The summed E-state index contributed by atoms with van der Waals surface area (Å²) in [5.41, 5.74) is 1.24. The summed E-state index contributed by atoms with van der Waals surface area (Å²) in [4.78, 5) is 51.7. The lowest BCUT2D eigenvalue weighted by Gasteiger charge is -2.23. The van der Waals surface area contributed by atoms with Gasteiger partial charge in [-0.05, 0) is 30.6 Å². The Morgan fingerprint density at radius 2 is 1.15 bits per heavy atom. The quantitative estimate of drug-likeness (QED) is 0.272. The topological polar surface area (TPSA) is 86.7 Å². The van der Waals surface area contributed by atoms with Gasteiger partial charge in [0.25, 0.3) is 0 Å². The molecule has 0 heterocycles. The fraction of sp³-hybridized carbons (Fsp3) is 0.259. The number of rotatable bonds is 7. The van der Waals surface area contributed by atoms with Crippen LogP contribution in [-0.4, -0.2) is 37.7 Å². The lowest BCUT2D eigenvalue weighted by atomic mass is 9.82. The molecule has 170 valence electrons. The highest BCUT2D eigenvalue weighted by atomic mass is 16.5. The maximum atomic E-state index is 13.6. The molecule has 6 heteroatoms. The third-order valence-corrected chi connectivity index (χ3v) is 6.05. The summed E-state index contributed by atoms with van der Waals surface area (Å²) in [6.45, 7) is 3.13. The molecule has 0 unspecified atom stereocenters. The van der Waals surface area contributed by atoms with Crippen molar-refractivity contribution in [2.75, 3.05) is 14.2 Å². The van der Waals surface area contributed by atoms with Crippen LogP contribution in [0.15, 0.2) is 77.4 Å². The second-order valence-electron chi connectivity index (χ2n) is 7.99. The van der Waals surface area contributed by atoms with Crippen molar-refractivity contribution in [3.8, 4) is 0 Å². The Morgan fingerprint density at radius 1 is 0.697 bits per heavy atom. The van der Waals surface area contributed by atoms with Crippen molar-refractivity contribution in [3.63, 3.8) is 0 Å². The molecule has 0 bridgehead atoms. The summed E-state index contributed by atoms with van der Waals surface area (Å²) in [6, 6.07) is 17.9. The van der Waals surface area contributed by atoms with Crippen LogP contribution < -0.4 is 0 Å². The Kier molecular flexibility index (Phi) is 7.07. The van der Waals surface area contributed by atoms with Crippen LogP contribution in [0.25, 0.3) is 5.57 Å². The predicted molar refractivity (Wildman–Crippen MR) is 123 cm³/mol. The predicted octanol–water partition coefficient (Wildman–Crippen LogP) is 4.35. The normalized spacial score (nSPS) is 15.5. The third kappa shape index (κ3) is 4.42. The van der Waals surface area contributed by atoms with Crippen LogP contribution >= 0.6 is 0 Å². The van der Waals surface area contributed by atoms with Gasteiger partial charge in [-0.2, -0.15) is 0 Å². The van der Waals surface area contributed by atoms with Gasteiger partial charge in [0.15, 0.2) is 17.0 Å². The lowest BCUT2D eigenvalue weighted by Crippen LogP contribution is -2.39. The molecule has 0 saturated heterocycles. The summed E-state index contributed by atoms with van der Waals surface area (Å²) in [5.74, 6) is -2.04. The van der Waals surface area contributed by atoms with E-state index in [4.69, 9.17) is 9.47 Å². The number of esters is 2. The number of benzene rings is 2. The zero-order chi connectivity index (χ0) is 24.2. The van der Waals surface area contributed by atoms with Crippen molar-refractivity contribution in [2.24, 2.45) is 5.41 Å². The number of methoxy groups -OCH3 is 2. The number of carbonyl (C=O) groups is 4. The molecule has 0 aliphatic heterocycles. The first-order valence-electron chi connectivity index (χ1n) is 10.5. The Balaban J connectivity index is 2.25. The van der Waals surface area contributed by atoms with Gasteiger partial charge in [0.05, 0.1) is 14.2 Å². The van der Waals surface area contributed by atoms with Gasteiger partial charge < -0.3 is 9.47 Å². The molecule has 0 spiro atoms. The fourth-order valence-corrected chi connectivity index (χ4v) is 4.35. The van der Waals surface area contributed by atoms with Crippen LogP contribution in [0, 0.1) is 5.41 Å². The van der Waals surface area contributed by atoms with Gasteiger partial charge in [0.2, 0.25) is 0 Å². The molecule has 0 saturated carbocycles. The van der Waals surface area contributed by atoms with E-state index in [1.165, 1.54) is 21.1 Å². The Labute approximate surface area is 192 Å². The number of ketones is 2. The molecule has 0 radical (unpaired) electrons. The largest absolute Gasteiger partial charge is 0.468 e. The van der Waals surface area contributed by atoms with Crippen LogP contribution in [-0.2, 0) is 23.9 Å². The first-order chi connectivity index (χ1) is 15.8.